The largest absolute Gasteiger partial charge is 0.497 e. The fourth-order valence-corrected chi connectivity index (χ4v) is 2.74. The Bertz CT molecular complexity index is 507. The van der Waals surface area contributed by atoms with Crippen LogP contribution in [0.4, 0.5) is 5.69 Å². The van der Waals surface area contributed by atoms with Crippen molar-refractivity contribution in [2.75, 3.05) is 58.9 Å². The standard InChI is InChI=1S/C16H25N3O3S/c1-20-13-4-5-15(21-2)14(12-13)18-16(23)17-6-3-7-19-8-10-22-11-9-19/h4-5,12H,3,6-11H2,1-2H3,(H2,17,18,23)/p+1. The van der Waals surface area contributed by atoms with Gasteiger partial charge in [-0.1, -0.05) is 0 Å². The molecule has 1 aromatic carbocycles. The summed E-state index contributed by atoms with van der Waals surface area (Å²) in [6, 6.07) is 5.57. The van der Waals surface area contributed by atoms with E-state index in [0.717, 1.165) is 63.0 Å². The molecule has 1 heterocycles. The van der Waals surface area contributed by atoms with Crippen LogP contribution in [0.2, 0.25) is 0 Å². The first-order valence-corrected chi connectivity index (χ1v) is 8.32. The number of benzene rings is 1. The fourth-order valence-electron chi connectivity index (χ4n) is 2.53. The predicted octanol–water partition coefficient (Wildman–Crippen LogP) is 0.295. The molecule has 3 N–H and O–H groups in total. The van der Waals surface area contributed by atoms with Crippen molar-refractivity contribution in [3.63, 3.8) is 0 Å². The zero-order valence-electron chi connectivity index (χ0n) is 13.8. The van der Waals surface area contributed by atoms with Crippen LogP contribution in [0.1, 0.15) is 6.42 Å². The van der Waals surface area contributed by atoms with E-state index in [1.54, 1.807) is 19.1 Å². The maximum Gasteiger partial charge on any atom is 0.170 e. The van der Waals surface area contributed by atoms with Gasteiger partial charge in [0.15, 0.2) is 5.11 Å². The van der Waals surface area contributed by atoms with Gasteiger partial charge in [0.25, 0.3) is 0 Å². The van der Waals surface area contributed by atoms with Crippen LogP contribution < -0.4 is 25.0 Å². The molecule has 0 bridgehead atoms. The first-order valence-electron chi connectivity index (χ1n) is 7.91. The Hall–Kier alpha value is -1.57. The molecule has 1 aliphatic rings. The van der Waals surface area contributed by atoms with Gasteiger partial charge in [-0.05, 0) is 24.4 Å². The summed E-state index contributed by atoms with van der Waals surface area (Å²) in [5.41, 5.74) is 0.795. The molecule has 0 spiro atoms. The van der Waals surface area contributed by atoms with E-state index in [-0.39, 0.29) is 0 Å². The molecule has 1 fully saturated rings. The van der Waals surface area contributed by atoms with Crippen LogP contribution in [-0.4, -0.2) is 58.7 Å². The van der Waals surface area contributed by atoms with Gasteiger partial charge >= 0.3 is 0 Å². The Morgan fingerprint density at radius 1 is 1.26 bits per heavy atom. The van der Waals surface area contributed by atoms with Gasteiger partial charge in [0, 0.05) is 19.0 Å². The third kappa shape index (κ3) is 5.85. The van der Waals surface area contributed by atoms with E-state index < -0.39 is 0 Å². The van der Waals surface area contributed by atoms with E-state index in [1.165, 1.54) is 0 Å². The molecule has 0 radical (unpaired) electrons. The number of nitrogens with one attached hydrogen (secondary N) is 3. The summed E-state index contributed by atoms with van der Waals surface area (Å²) < 4.78 is 15.9. The number of morpholine rings is 1. The molecule has 1 aromatic rings. The van der Waals surface area contributed by atoms with E-state index in [1.807, 2.05) is 18.2 Å². The molecule has 7 heteroatoms. The lowest BCUT2D eigenvalue weighted by atomic mass is 10.2. The minimum Gasteiger partial charge on any atom is -0.497 e. The molecule has 0 aromatic heterocycles. The van der Waals surface area contributed by atoms with E-state index in [4.69, 9.17) is 26.4 Å². The lowest BCUT2D eigenvalue weighted by Gasteiger charge is -2.23. The van der Waals surface area contributed by atoms with Crippen LogP contribution in [0.3, 0.4) is 0 Å². The van der Waals surface area contributed by atoms with Crippen molar-refractivity contribution in [3.8, 4) is 11.5 Å². The van der Waals surface area contributed by atoms with E-state index >= 15 is 0 Å². The smallest absolute Gasteiger partial charge is 0.170 e. The highest BCUT2D eigenvalue weighted by atomic mass is 32.1. The van der Waals surface area contributed by atoms with Crippen molar-refractivity contribution >= 4 is 23.0 Å². The molecule has 2 rings (SSSR count). The average Bonchev–Trinajstić information content (AvgIpc) is 2.59. The zero-order valence-corrected chi connectivity index (χ0v) is 14.6. The second-order valence-corrected chi connectivity index (χ2v) is 5.82. The topological polar surface area (TPSA) is 56.2 Å². The van der Waals surface area contributed by atoms with Crippen molar-refractivity contribution in [2.45, 2.75) is 6.42 Å². The zero-order chi connectivity index (χ0) is 16.5. The molecule has 23 heavy (non-hydrogen) atoms. The molecule has 0 saturated carbocycles. The monoisotopic (exact) mass is 340 g/mol. The van der Waals surface area contributed by atoms with Crippen LogP contribution in [0, 0.1) is 0 Å². The minimum atomic E-state index is 0.591. The number of quaternary nitrogens is 1. The van der Waals surface area contributed by atoms with Gasteiger partial charge in [-0.25, -0.2) is 0 Å². The molecule has 0 unspecified atom stereocenters. The quantitative estimate of drug-likeness (QED) is 0.490. The molecule has 1 saturated heterocycles. The van der Waals surface area contributed by atoms with E-state index in [9.17, 15) is 0 Å². The molecule has 6 nitrogen and oxygen atoms in total. The molecular formula is C16H26N3O3S+. The number of ether oxygens (including phenoxy) is 3. The number of hydrogen-bond donors (Lipinski definition) is 3. The summed E-state index contributed by atoms with van der Waals surface area (Å²) in [6.45, 7) is 5.94. The molecule has 0 atom stereocenters. The summed E-state index contributed by atoms with van der Waals surface area (Å²) in [6.07, 6.45) is 1.08. The highest BCUT2D eigenvalue weighted by Gasteiger charge is 2.13. The number of anilines is 1. The van der Waals surface area contributed by atoms with Gasteiger partial charge in [-0.15, -0.1) is 0 Å². The van der Waals surface area contributed by atoms with Crippen LogP contribution >= 0.6 is 12.2 Å². The Kier molecular flexibility index (Phi) is 7.38. The molecule has 0 amide bonds. The van der Waals surface area contributed by atoms with Gasteiger partial charge < -0.3 is 29.7 Å². The van der Waals surface area contributed by atoms with Gasteiger partial charge in [-0.3, -0.25) is 0 Å². The Morgan fingerprint density at radius 3 is 2.74 bits per heavy atom. The SMILES string of the molecule is COc1ccc(OC)c(NC(=S)NCCC[NH+]2CCOCC2)c1. The predicted molar refractivity (Wildman–Crippen MR) is 94.8 cm³/mol. The van der Waals surface area contributed by atoms with Crippen LogP contribution in [-0.2, 0) is 4.74 Å². The Labute approximate surface area is 143 Å². The summed E-state index contributed by atoms with van der Waals surface area (Å²) in [7, 11) is 3.27. The van der Waals surface area contributed by atoms with Gasteiger partial charge in [0.05, 0.1) is 39.7 Å². The minimum absolute atomic E-state index is 0.591. The summed E-state index contributed by atoms with van der Waals surface area (Å²) in [5.74, 6) is 1.49. The van der Waals surface area contributed by atoms with Crippen molar-refractivity contribution in [1.29, 1.82) is 0 Å². The van der Waals surface area contributed by atoms with Crippen LogP contribution in [0.25, 0.3) is 0 Å². The summed E-state index contributed by atoms with van der Waals surface area (Å²) >= 11 is 5.35. The highest BCUT2D eigenvalue weighted by molar-refractivity contribution is 7.80. The maximum absolute atomic E-state index is 5.36. The third-order valence-electron chi connectivity index (χ3n) is 3.85. The Balaban J connectivity index is 1.73. The number of thiocarbonyl (C=S) groups is 1. The molecule has 1 aliphatic heterocycles. The van der Waals surface area contributed by atoms with Gasteiger partial charge in [-0.2, -0.15) is 0 Å². The molecule has 128 valence electrons. The summed E-state index contributed by atoms with van der Waals surface area (Å²) in [5, 5.41) is 6.99. The van der Waals surface area contributed by atoms with Crippen molar-refractivity contribution in [3.05, 3.63) is 18.2 Å². The van der Waals surface area contributed by atoms with Gasteiger partial charge in [0.1, 0.15) is 24.6 Å². The van der Waals surface area contributed by atoms with Crippen LogP contribution in [0.15, 0.2) is 18.2 Å². The second-order valence-electron chi connectivity index (χ2n) is 5.41. The lowest BCUT2D eigenvalue weighted by molar-refractivity contribution is -0.908. The number of rotatable bonds is 7. The van der Waals surface area contributed by atoms with Crippen LogP contribution in [0.5, 0.6) is 11.5 Å². The van der Waals surface area contributed by atoms with Crippen molar-refractivity contribution < 1.29 is 19.1 Å². The van der Waals surface area contributed by atoms with Crippen molar-refractivity contribution in [2.24, 2.45) is 0 Å². The average molecular weight is 340 g/mol. The number of methoxy groups -OCH3 is 2. The third-order valence-corrected chi connectivity index (χ3v) is 4.09. The first-order chi connectivity index (χ1) is 11.2. The highest BCUT2D eigenvalue weighted by Crippen LogP contribution is 2.28. The molecular weight excluding hydrogens is 314 g/mol. The summed E-state index contributed by atoms with van der Waals surface area (Å²) in [4.78, 5) is 1.60. The molecule has 0 aliphatic carbocycles. The maximum atomic E-state index is 5.36. The van der Waals surface area contributed by atoms with Crippen molar-refractivity contribution in [1.82, 2.24) is 5.32 Å². The number of hydrogen-bond acceptors (Lipinski definition) is 4. The normalized spacial score (nSPS) is 15.0. The lowest BCUT2D eigenvalue weighted by Crippen LogP contribution is -3.14. The first kappa shape index (κ1) is 17.8. The Morgan fingerprint density at radius 2 is 2.04 bits per heavy atom. The van der Waals surface area contributed by atoms with E-state index in [0.29, 0.717) is 5.11 Å². The van der Waals surface area contributed by atoms with Gasteiger partial charge in [0.2, 0.25) is 0 Å². The van der Waals surface area contributed by atoms with E-state index in [2.05, 4.69) is 10.6 Å². The fraction of sp³-hybridized carbons (Fsp3) is 0.562. The second kappa shape index (κ2) is 9.54.